The molecule has 0 bridgehead atoms. The number of hydrogen-bond acceptors (Lipinski definition) is 3. The van der Waals surface area contributed by atoms with E-state index in [9.17, 15) is 4.79 Å². The van der Waals surface area contributed by atoms with Gasteiger partial charge in [0.25, 0.3) is 0 Å². The second-order valence-electron chi connectivity index (χ2n) is 6.21. The highest BCUT2D eigenvalue weighted by molar-refractivity contribution is 6.00. The number of nitrogens with zero attached hydrogens (tertiary/aromatic N) is 3. The van der Waals surface area contributed by atoms with Crippen LogP contribution in [0.4, 0.5) is 0 Å². The lowest BCUT2D eigenvalue weighted by Crippen LogP contribution is -2.26. The van der Waals surface area contributed by atoms with Crippen molar-refractivity contribution < 1.29 is 4.79 Å². The maximum Gasteiger partial charge on any atom is 0.166 e. The minimum absolute atomic E-state index is 0.0370. The van der Waals surface area contributed by atoms with Crippen LogP contribution in [0.3, 0.4) is 0 Å². The third-order valence-corrected chi connectivity index (χ3v) is 4.08. The van der Waals surface area contributed by atoms with E-state index < -0.39 is 0 Å². The first-order valence-electron chi connectivity index (χ1n) is 7.64. The summed E-state index contributed by atoms with van der Waals surface area (Å²) in [6.45, 7) is 5.17. The molecule has 0 N–H and O–H groups in total. The SMILES string of the molecule is CC(C)Cn1ncnc1CC1CCc2ccccc2C1=O. The summed E-state index contributed by atoms with van der Waals surface area (Å²) in [5.41, 5.74) is 2.08. The first kappa shape index (κ1) is 14.0. The number of hydrogen-bond donors (Lipinski definition) is 0. The molecule has 1 aliphatic rings. The predicted octanol–water partition coefficient (Wildman–Crippen LogP) is 2.92. The monoisotopic (exact) mass is 283 g/mol. The van der Waals surface area contributed by atoms with Crippen molar-refractivity contribution in [2.75, 3.05) is 0 Å². The van der Waals surface area contributed by atoms with Crippen LogP contribution in [0.25, 0.3) is 0 Å². The Morgan fingerprint density at radius 2 is 2.14 bits per heavy atom. The molecule has 1 aliphatic carbocycles. The molecule has 1 atom stereocenters. The van der Waals surface area contributed by atoms with Gasteiger partial charge in [-0.3, -0.25) is 4.79 Å². The molecule has 0 spiro atoms. The van der Waals surface area contributed by atoms with Crippen LogP contribution in [0.2, 0.25) is 0 Å². The standard InChI is InChI=1S/C17H21N3O/c1-12(2)10-20-16(18-11-19-20)9-14-8-7-13-5-3-4-6-15(13)17(14)21/h3-6,11-12,14H,7-10H2,1-2H3. The number of aromatic nitrogens is 3. The van der Waals surface area contributed by atoms with E-state index in [1.165, 1.54) is 5.56 Å². The van der Waals surface area contributed by atoms with Crippen molar-refractivity contribution in [3.63, 3.8) is 0 Å². The summed E-state index contributed by atoms with van der Waals surface area (Å²) >= 11 is 0. The Bertz CT molecular complexity index is 645. The minimum Gasteiger partial charge on any atom is -0.294 e. The Hall–Kier alpha value is -1.97. The zero-order valence-electron chi connectivity index (χ0n) is 12.6. The summed E-state index contributed by atoms with van der Waals surface area (Å²) in [5, 5.41) is 4.29. The molecule has 0 radical (unpaired) electrons. The first-order chi connectivity index (χ1) is 10.1. The molecule has 110 valence electrons. The second kappa shape index (κ2) is 5.80. The highest BCUT2D eigenvalue weighted by Crippen LogP contribution is 2.27. The third-order valence-electron chi connectivity index (χ3n) is 4.08. The predicted molar refractivity (Wildman–Crippen MR) is 81.1 cm³/mol. The molecule has 2 aromatic rings. The van der Waals surface area contributed by atoms with Gasteiger partial charge < -0.3 is 0 Å². The molecule has 0 fully saturated rings. The van der Waals surface area contributed by atoms with Gasteiger partial charge in [0.2, 0.25) is 0 Å². The molecule has 0 amide bonds. The van der Waals surface area contributed by atoms with E-state index in [2.05, 4.69) is 30.0 Å². The Balaban J connectivity index is 1.78. The maximum atomic E-state index is 12.6. The van der Waals surface area contributed by atoms with Crippen molar-refractivity contribution in [1.29, 1.82) is 0 Å². The Kier molecular flexibility index (Phi) is 3.86. The number of rotatable bonds is 4. The molecule has 21 heavy (non-hydrogen) atoms. The number of fused-ring (bicyclic) bond motifs is 1. The van der Waals surface area contributed by atoms with Crippen LogP contribution in [0.1, 0.15) is 42.0 Å². The average Bonchev–Trinajstić information content (AvgIpc) is 2.89. The van der Waals surface area contributed by atoms with Crippen molar-refractivity contribution in [2.45, 2.75) is 39.7 Å². The molecule has 0 aliphatic heterocycles. The molecular formula is C17H21N3O. The van der Waals surface area contributed by atoms with E-state index in [0.29, 0.717) is 12.3 Å². The van der Waals surface area contributed by atoms with Gasteiger partial charge in [-0.15, -0.1) is 0 Å². The van der Waals surface area contributed by atoms with Gasteiger partial charge in [0, 0.05) is 24.4 Å². The fourth-order valence-corrected chi connectivity index (χ4v) is 3.02. The van der Waals surface area contributed by atoms with Crippen LogP contribution in [0.15, 0.2) is 30.6 Å². The van der Waals surface area contributed by atoms with E-state index in [4.69, 9.17) is 0 Å². The minimum atomic E-state index is 0.0370. The lowest BCUT2D eigenvalue weighted by Gasteiger charge is -2.23. The fraction of sp³-hybridized carbons (Fsp3) is 0.471. The lowest BCUT2D eigenvalue weighted by molar-refractivity contribution is 0.0899. The third kappa shape index (κ3) is 2.89. The van der Waals surface area contributed by atoms with Gasteiger partial charge in [0.1, 0.15) is 12.2 Å². The molecular weight excluding hydrogens is 262 g/mol. The van der Waals surface area contributed by atoms with E-state index >= 15 is 0 Å². The zero-order valence-corrected chi connectivity index (χ0v) is 12.6. The zero-order chi connectivity index (χ0) is 14.8. The van der Waals surface area contributed by atoms with E-state index in [1.54, 1.807) is 6.33 Å². The number of Topliss-reactive ketones (excluding diaryl/α,β-unsaturated/α-hetero) is 1. The number of ketones is 1. The average molecular weight is 283 g/mol. The van der Waals surface area contributed by atoms with Crippen LogP contribution in [-0.2, 0) is 19.4 Å². The van der Waals surface area contributed by atoms with Crippen molar-refractivity contribution in [1.82, 2.24) is 14.8 Å². The molecule has 1 aromatic heterocycles. The summed E-state index contributed by atoms with van der Waals surface area (Å²) in [4.78, 5) is 17.0. The Morgan fingerprint density at radius 1 is 1.33 bits per heavy atom. The molecule has 1 heterocycles. The van der Waals surface area contributed by atoms with Crippen molar-refractivity contribution in [2.24, 2.45) is 11.8 Å². The highest BCUT2D eigenvalue weighted by Gasteiger charge is 2.28. The quantitative estimate of drug-likeness (QED) is 0.866. The molecule has 4 nitrogen and oxygen atoms in total. The largest absolute Gasteiger partial charge is 0.294 e. The molecule has 1 unspecified atom stereocenters. The van der Waals surface area contributed by atoms with Crippen molar-refractivity contribution in [3.05, 3.63) is 47.5 Å². The first-order valence-corrected chi connectivity index (χ1v) is 7.64. The van der Waals surface area contributed by atoms with Crippen LogP contribution >= 0.6 is 0 Å². The summed E-state index contributed by atoms with van der Waals surface area (Å²) < 4.78 is 1.94. The van der Waals surface area contributed by atoms with Crippen molar-refractivity contribution >= 4 is 5.78 Å². The summed E-state index contributed by atoms with van der Waals surface area (Å²) in [6, 6.07) is 7.96. The van der Waals surface area contributed by atoms with Crippen LogP contribution in [0.5, 0.6) is 0 Å². The normalized spacial score (nSPS) is 18.0. The summed E-state index contributed by atoms with van der Waals surface area (Å²) in [7, 11) is 0. The fourth-order valence-electron chi connectivity index (χ4n) is 3.02. The Morgan fingerprint density at radius 3 is 2.95 bits per heavy atom. The molecule has 3 rings (SSSR count). The highest BCUT2D eigenvalue weighted by atomic mass is 16.1. The van der Waals surface area contributed by atoms with Crippen LogP contribution in [0, 0.1) is 11.8 Å². The molecule has 4 heteroatoms. The van der Waals surface area contributed by atoms with Gasteiger partial charge >= 0.3 is 0 Å². The van der Waals surface area contributed by atoms with Gasteiger partial charge in [-0.2, -0.15) is 5.10 Å². The topological polar surface area (TPSA) is 47.8 Å². The van der Waals surface area contributed by atoms with E-state index in [0.717, 1.165) is 30.8 Å². The van der Waals surface area contributed by atoms with Gasteiger partial charge in [0.15, 0.2) is 5.78 Å². The smallest absolute Gasteiger partial charge is 0.166 e. The Labute approximate surface area is 125 Å². The van der Waals surface area contributed by atoms with Gasteiger partial charge in [-0.05, 0) is 24.3 Å². The number of aryl methyl sites for hydroxylation is 1. The second-order valence-corrected chi connectivity index (χ2v) is 6.21. The molecule has 1 aromatic carbocycles. The number of carbonyl (C=O) groups is 1. The van der Waals surface area contributed by atoms with Gasteiger partial charge in [-0.25, -0.2) is 9.67 Å². The van der Waals surface area contributed by atoms with Gasteiger partial charge in [-0.1, -0.05) is 38.1 Å². The van der Waals surface area contributed by atoms with E-state index in [1.807, 2.05) is 22.9 Å². The molecule has 0 saturated heterocycles. The van der Waals surface area contributed by atoms with Gasteiger partial charge in [0.05, 0.1) is 0 Å². The van der Waals surface area contributed by atoms with Crippen LogP contribution in [-0.4, -0.2) is 20.5 Å². The maximum absolute atomic E-state index is 12.6. The molecule has 0 saturated carbocycles. The van der Waals surface area contributed by atoms with Crippen LogP contribution < -0.4 is 0 Å². The summed E-state index contributed by atoms with van der Waals surface area (Å²) in [5.74, 6) is 1.75. The van der Waals surface area contributed by atoms with Crippen molar-refractivity contribution in [3.8, 4) is 0 Å². The number of benzene rings is 1. The summed E-state index contributed by atoms with van der Waals surface area (Å²) in [6.07, 6.45) is 4.17. The van der Waals surface area contributed by atoms with E-state index in [-0.39, 0.29) is 11.7 Å². The lowest BCUT2D eigenvalue weighted by atomic mass is 9.81. The number of carbonyl (C=O) groups excluding carboxylic acids is 1.